The molecular weight excluding hydrogens is 667 g/mol. The molecule has 2 rings (SSSR count). The van der Waals surface area contributed by atoms with Crippen molar-refractivity contribution in [3.63, 3.8) is 0 Å². The third kappa shape index (κ3) is 12.2. The monoisotopic (exact) mass is 718 g/mol. The number of amides is 2. The summed E-state index contributed by atoms with van der Waals surface area (Å²) >= 11 is 2.07. The van der Waals surface area contributed by atoms with E-state index in [0.717, 1.165) is 19.3 Å². The molecule has 244 valence electrons. The summed E-state index contributed by atoms with van der Waals surface area (Å²) < 4.78 is 17.8. The average molecular weight is 719 g/mol. The van der Waals surface area contributed by atoms with Crippen LogP contribution >= 0.6 is 22.6 Å². The van der Waals surface area contributed by atoms with Gasteiger partial charge < -0.3 is 39.7 Å². The smallest absolute Gasteiger partial charge is 0.247 e. The van der Waals surface area contributed by atoms with Gasteiger partial charge in [0, 0.05) is 38.6 Å². The van der Waals surface area contributed by atoms with Crippen LogP contribution in [-0.4, -0.2) is 90.8 Å². The van der Waals surface area contributed by atoms with E-state index < -0.39 is 24.2 Å². The first-order valence-electron chi connectivity index (χ1n) is 15.5. The predicted octanol–water partition coefficient (Wildman–Crippen LogP) is 4.10. The van der Waals surface area contributed by atoms with Gasteiger partial charge in [-0.3, -0.25) is 9.59 Å². The highest BCUT2D eigenvalue weighted by Crippen LogP contribution is 2.37. The van der Waals surface area contributed by atoms with E-state index in [1.165, 1.54) is 45.6 Å². The largest absolute Gasteiger partial charge is 0.493 e. The Morgan fingerprint density at radius 2 is 1.72 bits per heavy atom. The van der Waals surface area contributed by atoms with Crippen LogP contribution in [0.5, 0.6) is 11.5 Å². The third-order valence-electron chi connectivity index (χ3n) is 7.69. The molecule has 0 aliphatic heterocycles. The molecule has 1 aliphatic carbocycles. The lowest BCUT2D eigenvalue weighted by molar-refractivity contribution is -0.139. The van der Waals surface area contributed by atoms with Crippen molar-refractivity contribution in [1.29, 1.82) is 0 Å². The second-order valence-corrected chi connectivity index (χ2v) is 12.1. The van der Waals surface area contributed by atoms with Gasteiger partial charge in [-0.1, -0.05) is 58.3 Å². The number of rotatable bonds is 21. The van der Waals surface area contributed by atoms with Crippen LogP contribution in [0.2, 0.25) is 0 Å². The van der Waals surface area contributed by atoms with Crippen LogP contribution in [0.25, 0.3) is 0 Å². The normalized spacial score (nSPS) is 18.2. The number of hydrogen-bond donors (Lipinski definition) is 4. The molecule has 11 heteroatoms. The Bertz CT molecular complexity index is 1020. The summed E-state index contributed by atoms with van der Waals surface area (Å²) in [4.78, 5) is 28.2. The molecule has 4 N–H and O–H groups in total. The van der Waals surface area contributed by atoms with Crippen molar-refractivity contribution < 1.29 is 39.1 Å². The van der Waals surface area contributed by atoms with Crippen LogP contribution in [0.15, 0.2) is 23.8 Å². The van der Waals surface area contributed by atoms with Crippen LogP contribution in [0, 0.1) is 3.57 Å². The molecule has 10 nitrogen and oxygen atoms in total. The van der Waals surface area contributed by atoms with Gasteiger partial charge in [-0.05, 0) is 52.8 Å². The Morgan fingerprint density at radius 1 is 1.05 bits per heavy atom. The second-order valence-electron chi connectivity index (χ2n) is 10.9. The SMILES string of the molecule is CCCCCCCCCCCC(=O)N(CCOC)[C@@H]1CC(C(=O)NCCO)=C[C@H](Oc2c(I)cc(CO)cc2OC)[C@H]1O. The Hall–Kier alpha value is -1.93. The van der Waals surface area contributed by atoms with E-state index in [-0.39, 0.29) is 45.2 Å². The maximum Gasteiger partial charge on any atom is 0.247 e. The summed E-state index contributed by atoms with van der Waals surface area (Å²) in [7, 11) is 3.05. The molecule has 0 saturated carbocycles. The van der Waals surface area contributed by atoms with E-state index in [1.807, 2.05) is 0 Å². The summed E-state index contributed by atoms with van der Waals surface area (Å²) in [5, 5.41) is 33.1. The minimum absolute atomic E-state index is 0.0776. The molecule has 1 aromatic rings. The van der Waals surface area contributed by atoms with Gasteiger partial charge in [0.05, 0.1) is 36.5 Å². The average Bonchev–Trinajstić information content (AvgIpc) is 3.01. The van der Waals surface area contributed by atoms with Gasteiger partial charge in [0.2, 0.25) is 11.8 Å². The van der Waals surface area contributed by atoms with Crippen molar-refractivity contribution in [3.8, 4) is 11.5 Å². The van der Waals surface area contributed by atoms with Crippen LogP contribution in [0.1, 0.15) is 83.1 Å². The number of aliphatic hydroxyl groups is 3. The Labute approximate surface area is 270 Å². The molecule has 0 bridgehead atoms. The number of aliphatic hydroxyl groups excluding tert-OH is 3. The van der Waals surface area contributed by atoms with E-state index in [1.54, 1.807) is 30.2 Å². The molecule has 0 fully saturated rings. The molecule has 0 spiro atoms. The number of nitrogens with zero attached hydrogens (tertiary/aromatic N) is 1. The quantitative estimate of drug-likeness (QED) is 0.110. The molecule has 0 heterocycles. The number of carbonyl (C=O) groups is 2. The van der Waals surface area contributed by atoms with Crippen molar-refractivity contribution in [2.24, 2.45) is 0 Å². The Kier molecular flexibility index (Phi) is 18.1. The number of unbranched alkanes of at least 4 members (excludes halogenated alkanes) is 8. The van der Waals surface area contributed by atoms with E-state index >= 15 is 0 Å². The lowest BCUT2D eigenvalue weighted by Gasteiger charge is -2.40. The molecule has 1 aliphatic rings. The summed E-state index contributed by atoms with van der Waals surface area (Å²) in [6, 6.07) is 2.68. The predicted molar refractivity (Wildman–Crippen MR) is 174 cm³/mol. The molecular formula is C32H51IN2O8. The summed E-state index contributed by atoms with van der Waals surface area (Å²) in [6.07, 6.45) is 10.2. The van der Waals surface area contributed by atoms with Gasteiger partial charge in [-0.25, -0.2) is 0 Å². The number of carbonyl (C=O) groups excluding carboxylic acids is 2. The fourth-order valence-corrected chi connectivity index (χ4v) is 6.08. The summed E-state index contributed by atoms with van der Waals surface area (Å²) in [5.41, 5.74) is 0.996. The number of benzene rings is 1. The van der Waals surface area contributed by atoms with Gasteiger partial charge in [-0.2, -0.15) is 0 Å². The van der Waals surface area contributed by atoms with E-state index in [2.05, 4.69) is 34.8 Å². The first-order chi connectivity index (χ1) is 20.8. The first-order valence-corrected chi connectivity index (χ1v) is 16.6. The number of halogens is 1. The molecule has 0 aromatic heterocycles. The molecule has 2 amide bonds. The topological polar surface area (TPSA) is 138 Å². The van der Waals surface area contributed by atoms with Gasteiger partial charge in [-0.15, -0.1) is 0 Å². The number of ether oxygens (including phenoxy) is 3. The highest BCUT2D eigenvalue weighted by atomic mass is 127. The van der Waals surface area contributed by atoms with Crippen LogP contribution in [-0.2, 0) is 20.9 Å². The molecule has 0 unspecified atom stereocenters. The zero-order valence-electron chi connectivity index (χ0n) is 26.0. The Balaban J connectivity index is 2.23. The van der Waals surface area contributed by atoms with E-state index in [0.29, 0.717) is 32.6 Å². The van der Waals surface area contributed by atoms with Crippen molar-refractivity contribution in [2.75, 3.05) is 40.5 Å². The van der Waals surface area contributed by atoms with Gasteiger partial charge >= 0.3 is 0 Å². The van der Waals surface area contributed by atoms with Gasteiger partial charge in [0.1, 0.15) is 12.2 Å². The second kappa shape index (κ2) is 20.9. The number of methoxy groups -OCH3 is 2. The number of hydrogen-bond acceptors (Lipinski definition) is 8. The fraction of sp³-hybridized carbons (Fsp3) is 0.688. The molecule has 43 heavy (non-hydrogen) atoms. The first kappa shape index (κ1) is 37.3. The standard InChI is InChI=1S/C32H51IN2O8/c1-4-5-6-7-8-9-10-11-12-13-29(38)35(15-17-41-2)26-20-24(32(40)34-14-16-36)21-27(30(26)39)43-31-25(33)18-23(22-37)19-28(31)42-3/h18-19,21,26-27,30,36-37,39H,4-17,20,22H2,1-3H3,(H,34,40)/t26-,27+,30+/m1/s1. The van der Waals surface area contributed by atoms with Crippen molar-refractivity contribution in [1.82, 2.24) is 10.2 Å². The van der Waals surface area contributed by atoms with Crippen molar-refractivity contribution in [3.05, 3.63) is 32.9 Å². The zero-order valence-corrected chi connectivity index (χ0v) is 28.1. The van der Waals surface area contributed by atoms with Crippen molar-refractivity contribution >= 4 is 34.4 Å². The van der Waals surface area contributed by atoms with Crippen LogP contribution < -0.4 is 14.8 Å². The number of nitrogens with one attached hydrogen (secondary N) is 1. The fourth-order valence-electron chi connectivity index (χ4n) is 5.29. The lowest BCUT2D eigenvalue weighted by Crippen LogP contribution is -2.55. The van der Waals surface area contributed by atoms with Gasteiger partial charge in [0.25, 0.3) is 0 Å². The minimum Gasteiger partial charge on any atom is -0.493 e. The maximum absolute atomic E-state index is 13.6. The van der Waals surface area contributed by atoms with E-state index in [4.69, 9.17) is 14.2 Å². The van der Waals surface area contributed by atoms with Crippen LogP contribution in [0.4, 0.5) is 0 Å². The highest BCUT2D eigenvalue weighted by molar-refractivity contribution is 14.1. The third-order valence-corrected chi connectivity index (χ3v) is 8.49. The van der Waals surface area contributed by atoms with E-state index in [9.17, 15) is 24.9 Å². The Morgan fingerprint density at radius 3 is 2.33 bits per heavy atom. The molecule has 3 atom stereocenters. The molecule has 1 aromatic carbocycles. The summed E-state index contributed by atoms with van der Waals surface area (Å²) in [5.74, 6) is 0.248. The maximum atomic E-state index is 13.6. The van der Waals surface area contributed by atoms with Crippen molar-refractivity contribution in [2.45, 2.75) is 102 Å². The van der Waals surface area contributed by atoms with Crippen LogP contribution in [0.3, 0.4) is 0 Å². The molecule has 0 radical (unpaired) electrons. The summed E-state index contributed by atoms with van der Waals surface area (Å²) in [6.45, 7) is 2.44. The zero-order chi connectivity index (χ0) is 31.6. The highest BCUT2D eigenvalue weighted by Gasteiger charge is 2.40. The minimum atomic E-state index is -1.14. The lowest BCUT2D eigenvalue weighted by atomic mass is 9.88. The van der Waals surface area contributed by atoms with Gasteiger partial charge in [0.15, 0.2) is 11.5 Å². The molecule has 0 saturated heterocycles.